The fraction of sp³-hybridized carbons (Fsp3) is 0.800. The van der Waals surface area contributed by atoms with Gasteiger partial charge in [-0.25, -0.2) is 0 Å². The van der Waals surface area contributed by atoms with Crippen LogP contribution in [0.1, 0.15) is 13.8 Å². The van der Waals surface area contributed by atoms with Crippen molar-refractivity contribution in [1.29, 1.82) is 0 Å². The van der Waals surface area contributed by atoms with Crippen molar-refractivity contribution in [2.45, 2.75) is 13.8 Å². The molecule has 2 aliphatic rings. The lowest BCUT2D eigenvalue weighted by molar-refractivity contribution is -0.168. The first-order valence-electron chi connectivity index (χ1n) is 5.22. The Hall–Kier alpha value is -1.10. The highest BCUT2D eigenvalue weighted by molar-refractivity contribution is 5.90. The van der Waals surface area contributed by atoms with E-state index in [2.05, 4.69) is 0 Å². The molecule has 5 nitrogen and oxygen atoms in total. The third-order valence-corrected chi connectivity index (χ3v) is 3.05. The van der Waals surface area contributed by atoms with Gasteiger partial charge >= 0.3 is 0 Å². The molecule has 0 aromatic heterocycles. The van der Waals surface area contributed by atoms with Crippen LogP contribution in [0.15, 0.2) is 0 Å². The van der Waals surface area contributed by atoms with Crippen molar-refractivity contribution in [3.63, 3.8) is 0 Å². The van der Waals surface area contributed by atoms with E-state index in [0.29, 0.717) is 26.4 Å². The van der Waals surface area contributed by atoms with Gasteiger partial charge in [0.2, 0.25) is 11.8 Å². The quantitative estimate of drug-likeness (QED) is 0.630. The molecular formula is C10H16N2O3. The van der Waals surface area contributed by atoms with Crippen molar-refractivity contribution >= 4 is 11.8 Å². The summed E-state index contributed by atoms with van der Waals surface area (Å²) in [6, 6.07) is 0. The maximum Gasteiger partial charge on any atom is 0.243 e. The molecule has 0 bridgehead atoms. The lowest BCUT2D eigenvalue weighted by Gasteiger charge is -2.38. The Kier molecular flexibility index (Phi) is 2.42. The number of nitrogens with zero attached hydrogens (tertiary/aromatic N) is 2. The maximum atomic E-state index is 12.0. The lowest BCUT2D eigenvalue weighted by Crippen LogP contribution is -2.53. The van der Waals surface area contributed by atoms with E-state index in [-0.39, 0.29) is 18.4 Å². The molecule has 2 fully saturated rings. The molecule has 0 unspecified atom stereocenters. The molecule has 0 atom stereocenters. The Morgan fingerprint density at radius 2 is 2.20 bits per heavy atom. The fourth-order valence-electron chi connectivity index (χ4n) is 1.92. The number of carbonyl (C=O) groups is 2. The largest absolute Gasteiger partial charge is 0.379 e. The van der Waals surface area contributed by atoms with Crippen LogP contribution < -0.4 is 0 Å². The summed E-state index contributed by atoms with van der Waals surface area (Å²) in [7, 11) is 0. The zero-order valence-electron chi connectivity index (χ0n) is 9.15. The van der Waals surface area contributed by atoms with Crippen LogP contribution in [0.3, 0.4) is 0 Å². The van der Waals surface area contributed by atoms with Crippen LogP contribution in [0.25, 0.3) is 0 Å². The third kappa shape index (κ3) is 1.61. The molecule has 15 heavy (non-hydrogen) atoms. The van der Waals surface area contributed by atoms with Crippen molar-refractivity contribution in [3.8, 4) is 0 Å². The van der Waals surface area contributed by atoms with Gasteiger partial charge in [-0.05, 0) is 13.8 Å². The van der Waals surface area contributed by atoms with Gasteiger partial charge in [-0.2, -0.15) is 0 Å². The molecular weight excluding hydrogens is 196 g/mol. The molecule has 0 aliphatic carbocycles. The van der Waals surface area contributed by atoms with Gasteiger partial charge in [-0.1, -0.05) is 0 Å². The van der Waals surface area contributed by atoms with Crippen molar-refractivity contribution < 1.29 is 14.3 Å². The number of likely N-dealkylation sites (N-methyl/N-ethyl adjacent to an activating group) is 1. The number of amides is 2. The monoisotopic (exact) mass is 212 g/mol. The molecule has 5 heteroatoms. The van der Waals surface area contributed by atoms with Crippen LogP contribution >= 0.6 is 0 Å². The summed E-state index contributed by atoms with van der Waals surface area (Å²) in [6.45, 7) is 6.07. The van der Waals surface area contributed by atoms with Crippen LogP contribution in [-0.4, -0.2) is 54.6 Å². The number of carbonyl (C=O) groups excluding carboxylic acids is 2. The van der Waals surface area contributed by atoms with Gasteiger partial charge in [-0.15, -0.1) is 0 Å². The zero-order chi connectivity index (χ0) is 11.1. The molecule has 0 spiro atoms. The maximum absolute atomic E-state index is 12.0. The molecule has 0 radical (unpaired) electrons. The first-order chi connectivity index (χ1) is 7.07. The second kappa shape index (κ2) is 3.48. The summed E-state index contributed by atoms with van der Waals surface area (Å²) in [6.07, 6.45) is 0. The van der Waals surface area contributed by atoms with E-state index in [1.165, 1.54) is 0 Å². The Balaban J connectivity index is 2.01. The molecule has 2 saturated heterocycles. The average molecular weight is 212 g/mol. The highest BCUT2D eigenvalue weighted by atomic mass is 16.5. The van der Waals surface area contributed by atoms with E-state index in [1.807, 2.05) is 13.8 Å². The Morgan fingerprint density at radius 1 is 1.53 bits per heavy atom. The van der Waals surface area contributed by atoms with Gasteiger partial charge in [0.1, 0.15) is 6.54 Å². The van der Waals surface area contributed by atoms with Crippen molar-refractivity contribution in [3.05, 3.63) is 0 Å². The predicted molar refractivity (Wildman–Crippen MR) is 52.9 cm³/mol. The lowest BCUT2D eigenvalue weighted by atomic mass is 9.87. The minimum atomic E-state index is -0.399. The minimum Gasteiger partial charge on any atom is -0.379 e. The second-order valence-corrected chi connectivity index (χ2v) is 4.45. The normalized spacial score (nSPS) is 24.3. The van der Waals surface area contributed by atoms with Gasteiger partial charge in [-0.3, -0.25) is 9.59 Å². The summed E-state index contributed by atoms with van der Waals surface area (Å²) < 4.78 is 5.05. The van der Waals surface area contributed by atoms with Crippen LogP contribution in [0.5, 0.6) is 0 Å². The topological polar surface area (TPSA) is 49.9 Å². The number of hydrogen-bond acceptors (Lipinski definition) is 3. The van der Waals surface area contributed by atoms with Gasteiger partial charge in [0, 0.05) is 6.54 Å². The second-order valence-electron chi connectivity index (χ2n) is 4.45. The van der Waals surface area contributed by atoms with Crippen LogP contribution in [0, 0.1) is 5.41 Å². The van der Waals surface area contributed by atoms with Crippen LogP contribution in [0.2, 0.25) is 0 Å². The SMILES string of the molecule is CCN1CN(C(=O)C2(C)COC2)CC1=O. The van der Waals surface area contributed by atoms with Gasteiger partial charge in [0.25, 0.3) is 0 Å². The first kappa shape index (κ1) is 10.4. The first-order valence-corrected chi connectivity index (χ1v) is 5.22. The molecule has 84 valence electrons. The van der Waals surface area contributed by atoms with E-state index in [0.717, 1.165) is 0 Å². The van der Waals surface area contributed by atoms with E-state index in [4.69, 9.17) is 4.74 Å². The number of ether oxygens (including phenoxy) is 1. The Morgan fingerprint density at radius 3 is 2.60 bits per heavy atom. The van der Waals surface area contributed by atoms with Crippen molar-refractivity contribution in [1.82, 2.24) is 9.80 Å². The molecule has 0 N–H and O–H groups in total. The molecule has 2 amide bonds. The summed E-state index contributed by atoms with van der Waals surface area (Å²) in [5, 5.41) is 0. The number of rotatable bonds is 2. The van der Waals surface area contributed by atoms with Gasteiger partial charge in [0.15, 0.2) is 0 Å². The minimum absolute atomic E-state index is 0.0368. The molecule has 0 saturated carbocycles. The van der Waals surface area contributed by atoms with E-state index >= 15 is 0 Å². The molecule has 0 aromatic rings. The number of hydrogen-bond donors (Lipinski definition) is 0. The predicted octanol–water partition coefficient (Wildman–Crippen LogP) is -0.329. The highest BCUT2D eigenvalue weighted by Gasteiger charge is 2.45. The summed E-state index contributed by atoms with van der Waals surface area (Å²) in [4.78, 5) is 26.8. The summed E-state index contributed by atoms with van der Waals surface area (Å²) >= 11 is 0. The van der Waals surface area contributed by atoms with Crippen molar-refractivity contribution in [2.24, 2.45) is 5.41 Å². The van der Waals surface area contributed by atoms with E-state index < -0.39 is 5.41 Å². The van der Waals surface area contributed by atoms with Crippen LogP contribution in [-0.2, 0) is 14.3 Å². The van der Waals surface area contributed by atoms with Crippen LogP contribution in [0.4, 0.5) is 0 Å². The third-order valence-electron chi connectivity index (χ3n) is 3.05. The fourth-order valence-corrected chi connectivity index (χ4v) is 1.92. The molecule has 2 rings (SSSR count). The van der Waals surface area contributed by atoms with Gasteiger partial charge in [0.05, 0.1) is 25.3 Å². The molecule has 0 aromatic carbocycles. The highest BCUT2D eigenvalue weighted by Crippen LogP contribution is 2.29. The molecule has 2 aliphatic heterocycles. The Labute approximate surface area is 89.0 Å². The van der Waals surface area contributed by atoms with Crippen molar-refractivity contribution in [2.75, 3.05) is 33.0 Å². The summed E-state index contributed by atoms with van der Waals surface area (Å²) in [5.74, 6) is 0.0766. The van der Waals surface area contributed by atoms with E-state index in [9.17, 15) is 9.59 Å². The zero-order valence-corrected chi connectivity index (χ0v) is 9.15. The van der Waals surface area contributed by atoms with E-state index in [1.54, 1.807) is 9.80 Å². The smallest absolute Gasteiger partial charge is 0.243 e. The average Bonchev–Trinajstić information content (AvgIpc) is 2.55. The standard InChI is InChI=1S/C10H16N2O3/c1-3-11-7-12(4-8(11)13)9(14)10(2)5-15-6-10/h3-7H2,1-2H3. The molecule has 2 heterocycles. The summed E-state index contributed by atoms with van der Waals surface area (Å²) in [5.41, 5.74) is -0.399. The van der Waals surface area contributed by atoms with Gasteiger partial charge < -0.3 is 14.5 Å². The Bertz CT molecular complexity index is 299.